The Morgan fingerprint density at radius 3 is 2.05 bits per heavy atom. The van der Waals surface area contributed by atoms with Crippen molar-refractivity contribution < 1.29 is 9.22 Å². The quantitative estimate of drug-likeness (QED) is 0.587. The van der Waals surface area contributed by atoms with Gasteiger partial charge in [-0.15, -0.1) is 0 Å². The molecule has 2 rings (SSSR count). The number of hydrogen-bond acceptors (Lipinski definition) is 2. The summed E-state index contributed by atoms with van der Waals surface area (Å²) in [6.45, 7) is 2.13. The van der Waals surface area contributed by atoms with Crippen molar-refractivity contribution in [3.63, 3.8) is 0 Å². The average molecular weight is 325 g/mol. The van der Waals surface area contributed by atoms with E-state index in [-0.39, 0.29) is 5.97 Å². The molecule has 2 aliphatic rings. The van der Waals surface area contributed by atoms with Crippen LogP contribution in [0.15, 0.2) is 0 Å². The van der Waals surface area contributed by atoms with Crippen molar-refractivity contribution in [2.24, 2.45) is 17.8 Å². The van der Waals surface area contributed by atoms with Gasteiger partial charge in [-0.05, 0) is 30.2 Å². The van der Waals surface area contributed by atoms with Gasteiger partial charge in [0, 0.05) is 6.42 Å². The Kier molecular flexibility index (Phi) is 8.57. The van der Waals surface area contributed by atoms with Crippen molar-refractivity contribution in [3.8, 4) is 0 Å². The molecule has 2 saturated carbocycles. The first-order chi connectivity index (χ1) is 10.8. The van der Waals surface area contributed by atoms with E-state index < -0.39 is 9.76 Å². The predicted molar refractivity (Wildman–Crippen MR) is 95.6 cm³/mol. The van der Waals surface area contributed by atoms with Gasteiger partial charge < -0.3 is 4.43 Å². The van der Waals surface area contributed by atoms with Gasteiger partial charge in [-0.25, -0.2) is 0 Å². The molecule has 2 nitrogen and oxygen atoms in total. The van der Waals surface area contributed by atoms with Crippen molar-refractivity contribution in [3.05, 3.63) is 0 Å². The lowest BCUT2D eigenvalue weighted by Gasteiger charge is -2.37. The summed E-state index contributed by atoms with van der Waals surface area (Å²) >= 11 is 0. The highest BCUT2D eigenvalue weighted by Gasteiger charge is 2.31. The van der Waals surface area contributed by atoms with Crippen LogP contribution in [0.25, 0.3) is 0 Å². The SMILES string of the molecule is CCCCC(=O)O[SiH2]CC(C1CCCCC1)C1CCCCC1. The molecule has 0 N–H and O–H groups in total. The molecular weight excluding hydrogens is 288 g/mol. The highest BCUT2D eigenvalue weighted by molar-refractivity contribution is 6.30. The van der Waals surface area contributed by atoms with Crippen molar-refractivity contribution >= 4 is 15.7 Å². The van der Waals surface area contributed by atoms with Crippen LogP contribution in [0.5, 0.6) is 0 Å². The van der Waals surface area contributed by atoms with Gasteiger partial charge in [-0.2, -0.15) is 0 Å². The van der Waals surface area contributed by atoms with Gasteiger partial charge in [-0.3, -0.25) is 4.79 Å². The number of hydrogen-bond donors (Lipinski definition) is 0. The molecule has 0 aromatic carbocycles. The Hall–Kier alpha value is -0.313. The van der Waals surface area contributed by atoms with Crippen LogP contribution in [0.4, 0.5) is 0 Å². The Labute approximate surface area is 139 Å². The van der Waals surface area contributed by atoms with Crippen LogP contribution < -0.4 is 0 Å². The van der Waals surface area contributed by atoms with Gasteiger partial charge in [0.2, 0.25) is 9.76 Å². The second-order valence-electron chi connectivity index (χ2n) is 7.57. The van der Waals surface area contributed by atoms with E-state index in [2.05, 4.69) is 6.92 Å². The first-order valence-electron chi connectivity index (χ1n) is 9.97. The number of carbonyl (C=O) groups excluding carboxylic acids is 1. The molecule has 0 radical (unpaired) electrons. The largest absolute Gasteiger partial charge is 0.525 e. The molecule has 0 aromatic heterocycles. The summed E-state index contributed by atoms with van der Waals surface area (Å²) in [6, 6.07) is 1.26. The lowest BCUT2D eigenvalue weighted by atomic mass is 9.70. The Morgan fingerprint density at radius 1 is 1.00 bits per heavy atom. The molecule has 0 heterocycles. The second kappa shape index (κ2) is 10.5. The van der Waals surface area contributed by atoms with E-state index in [9.17, 15) is 4.79 Å². The molecular formula is C19H36O2Si. The van der Waals surface area contributed by atoms with Gasteiger partial charge in [0.15, 0.2) is 0 Å². The highest BCUT2D eigenvalue weighted by Crippen LogP contribution is 2.41. The zero-order valence-electron chi connectivity index (χ0n) is 14.7. The Morgan fingerprint density at radius 2 is 1.55 bits per heavy atom. The van der Waals surface area contributed by atoms with Gasteiger partial charge in [0.05, 0.1) is 0 Å². The lowest BCUT2D eigenvalue weighted by molar-refractivity contribution is -0.134. The van der Waals surface area contributed by atoms with Gasteiger partial charge in [0.1, 0.15) is 0 Å². The first kappa shape index (κ1) is 18.0. The van der Waals surface area contributed by atoms with E-state index in [1.54, 1.807) is 0 Å². The van der Waals surface area contributed by atoms with Crippen LogP contribution in [-0.4, -0.2) is 15.7 Å². The topological polar surface area (TPSA) is 26.3 Å². The van der Waals surface area contributed by atoms with E-state index in [0.717, 1.165) is 30.6 Å². The molecule has 0 aromatic rings. The summed E-state index contributed by atoms with van der Waals surface area (Å²) in [4.78, 5) is 11.7. The van der Waals surface area contributed by atoms with Crippen LogP contribution in [0.1, 0.15) is 90.4 Å². The summed E-state index contributed by atoms with van der Waals surface area (Å²) in [7, 11) is -0.651. The van der Waals surface area contributed by atoms with Gasteiger partial charge >= 0.3 is 0 Å². The molecule has 0 amide bonds. The molecule has 0 spiro atoms. The molecule has 0 atom stereocenters. The maximum Gasteiger partial charge on any atom is 0.292 e. The maximum atomic E-state index is 11.7. The zero-order valence-corrected chi connectivity index (χ0v) is 16.1. The van der Waals surface area contributed by atoms with E-state index in [4.69, 9.17) is 4.43 Å². The molecule has 3 heteroatoms. The summed E-state index contributed by atoms with van der Waals surface area (Å²) in [5.74, 6) is 2.85. The highest BCUT2D eigenvalue weighted by atomic mass is 28.2. The monoisotopic (exact) mass is 324 g/mol. The minimum atomic E-state index is -0.651. The molecule has 0 bridgehead atoms. The van der Waals surface area contributed by atoms with E-state index in [1.165, 1.54) is 70.3 Å². The fourth-order valence-corrected chi connectivity index (χ4v) is 6.39. The Balaban J connectivity index is 1.79. The molecule has 0 aliphatic heterocycles. The van der Waals surface area contributed by atoms with E-state index >= 15 is 0 Å². The minimum Gasteiger partial charge on any atom is -0.525 e. The van der Waals surface area contributed by atoms with Crippen molar-refractivity contribution in [2.75, 3.05) is 0 Å². The molecule has 2 fully saturated rings. The average Bonchev–Trinajstić information content (AvgIpc) is 2.58. The second-order valence-corrected chi connectivity index (χ2v) is 8.85. The molecule has 22 heavy (non-hydrogen) atoms. The summed E-state index contributed by atoms with van der Waals surface area (Å²) in [5.41, 5.74) is 0. The minimum absolute atomic E-state index is 0.0829. The molecule has 0 saturated heterocycles. The van der Waals surface area contributed by atoms with Crippen molar-refractivity contribution in [1.82, 2.24) is 0 Å². The third-order valence-electron chi connectivity index (χ3n) is 5.96. The normalized spacial score (nSPS) is 21.7. The van der Waals surface area contributed by atoms with Crippen LogP contribution in [0.3, 0.4) is 0 Å². The molecule has 0 unspecified atom stereocenters. The fourth-order valence-electron chi connectivity index (χ4n) is 4.68. The first-order valence-corrected chi connectivity index (χ1v) is 11.5. The van der Waals surface area contributed by atoms with Crippen molar-refractivity contribution in [2.45, 2.75) is 96.4 Å². The number of carbonyl (C=O) groups is 1. The predicted octanol–water partition coefficient (Wildman–Crippen LogP) is 5.00. The standard InChI is InChI=1S/C19H36O2Si/c1-2-3-14-19(20)21-22-15-18(16-10-6-4-7-11-16)17-12-8-5-9-13-17/h16-18H,2-15,22H2,1H3. The van der Waals surface area contributed by atoms with E-state index in [0.29, 0.717) is 6.42 Å². The van der Waals surface area contributed by atoms with Gasteiger partial charge in [-0.1, -0.05) is 77.6 Å². The van der Waals surface area contributed by atoms with Crippen LogP contribution >= 0.6 is 0 Å². The third kappa shape index (κ3) is 6.06. The van der Waals surface area contributed by atoms with Crippen LogP contribution in [0.2, 0.25) is 6.04 Å². The van der Waals surface area contributed by atoms with Crippen molar-refractivity contribution in [1.29, 1.82) is 0 Å². The van der Waals surface area contributed by atoms with Gasteiger partial charge in [0.25, 0.3) is 5.97 Å². The maximum absolute atomic E-state index is 11.7. The lowest BCUT2D eigenvalue weighted by Crippen LogP contribution is -2.29. The Bertz CT molecular complexity index is 289. The summed E-state index contributed by atoms with van der Waals surface area (Å²) in [5, 5.41) is 0. The van der Waals surface area contributed by atoms with Crippen LogP contribution in [-0.2, 0) is 9.22 Å². The molecule has 2 aliphatic carbocycles. The smallest absolute Gasteiger partial charge is 0.292 e. The summed E-state index contributed by atoms with van der Waals surface area (Å²) < 4.78 is 5.66. The summed E-state index contributed by atoms with van der Waals surface area (Å²) in [6.07, 6.45) is 17.1. The number of unbranched alkanes of at least 4 members (excludes halogenated alkanes) is 1. The molecule has 128 valence electrons. The third-order valence-corrected chi connectivity index (χ3v) is 7.39. The zero-order chi connectivity index (χ0) is 15.6. The van der Waals surface area contributed by atoms with Crippen LogP contribution in [0, 0.1) is 17.8 Å². The fraction of sp³-hybridized carbons (Fsp3) is 0.947. The van der Waals surface area contributed by atoms with E-state index in [1.807, 2.05) is 0 Å². The number of rotatable bonds is 8.